The number of rotatable bonds is 11. The van der Waals surface area contributed by atoms with Gasteiger partial charge in [0.15, 0.2) is 5.82 Å². The highest BCUT2D eigenvalue weighted by atomic mass is 19.1. The average Bonchev–Trinajstić information content (AvgIpc) is 3.38. The zero-order chi connectivity index (χ0) is 27.1. The Morgan fingerprint density at radius 1 is 1.21 bits per heavy atom. The first-order valence-corrected chi connectivity index (χ1v) is 12.7. The van der Waals surface area contributed by atoms with E-state index in [9.17, 15) is 14.3 Å². The molecule has 1 saturated heterocycles. The van der Waals surface area contributed by atoms with Crippen LogP contribution in [-0.2, 0) is 16.0 Å². The van der Waals surface area contributed by atoms with Crippen molar-refractivity contribution >= 4 is 34.1 Å². The zero-order valence-electron chi connectivity index (χ0n) is 21.2. The molecule has 204 valence electrons. The number of halogens is 1. The molecule has 0 radical (unpaired) electrons. The van der Waals surface area contributed by atoms with Crippen molar-refractivity contribution in [3.8, 4) is 5.75 Å². The molecule has 1 atom stereocenters. The van der Waals surface area contributed by atoms with Crippen molar-refractivity contribution in [3.05, 3.63) is 66.4 Å². The molecule has 1 unspecified atom stereocenters. The Labute approximate surface area is 224 Å². The third-order valence-electron chi connectivity index (χ3n) is 6.41. The van der Waals surface area contributed by atoms with Crippen molar-refractivity contribution in [1.82, 2.24) is 25.5 Å². The minimum Gasteiger partial charge on any atom is -0.494 e. The molecular formula is C27H30FN7O4. The monoisotopic (exact) mass is 535 g/mol. The highest BCUT2D eigenvalue weighted by Crippen LogP contribution is 2.26. The Bertz CT molecular complexity index is 1420. The Balaban J connectivity index is 1.16. The van der Waals surface area contributed by atoms with Gasteiger partial charge in [0, 0.05) is 42.0 Å². The lowest BCUT2D eigenvalue weighted by molar-refractivity contribution is -0.115. The van der Waals surface area contributed by atoms with E-state index in [0.717, 1.165) is 18.4 Å². The molecule has 1 amide bonds. The number of carbonyl (C=O) groups is 1. The van der Waals surface area contributed by atoms with Crippen LogP contribution >= 0.6 is 0 Å². The van der Waals surface area contributed by atoms with Crippen molar-refractivity contribution < 1.29 is 23.8 Å². The van der Waals surface area contributed by atoms with Crippen LogP contribution in [0.3, 0.4) is 0 Å². The van der Waals surface area contributed by atoms with Crippen LogP contribution < -0.4 is 20.7 Å². The molecule has 4 aromatic rings. The molecule has 1 aliphatic rings. The molecule has 3 heterocycles. The van der Waals surface area contributed by atoms with Crippen LogP contribution in [-0.4, -0.2) is 69.7 Å². The molecule has 0 saturated carbocycles. The first-order chi connectivity index (χ1) is 19.0. The predicted molar refractivity (Wildman–Crippen MR) is 144 cm³/mol. The number of aromatic nitrogens is 4. The second-order valence-corrected chi connectivity index (χ2v) is 9.36. The highest BCUT2D eigenvalue weighted by Gasteiger charge is 2.32. The molecule has 5 rings (SSSR count). The summed E-state index contributed by atoms with van der Waals surface area (Å²) in [6, 6.07) is 13.0. The first kappa shape index (κ1) is 26.5. The fraction of sp³-hybridized carbons (Fsp3) is 0.333. The van der Waals surface area contributed by atoms with E-state index < -0.39 is 11.4 Å². The number of ether oxygens (including phenoxy) is 2. The number of H-pyrrole nitrogens is 1. The lowest BCUT2D eigenvalue weighted by Gasteiger charge is -2.36. The molecule has 11 nitrogen and oxygen atoms in total. The van der Waals surface area contributed by atoms with Crippen LogP contribution in [0.5, 0.6) is 5.75 Å². The summed E-state index contributed by atoms with van der Waals surface area (Å²) in [5.74, 6) is 1.00. The normalized spacial score (nSPS) is 17.2. The number of benzene rings is 2. The van der Waals surface area contributed by atoms with Crippen LogP contribution in [0, 0.1) is 5.82 Å². The van der Waals surface area contributed by atoms with Crippen LogP contribution in [0.2, 0.25) is 0 Å². The van der Waals surface area contributed by atoms with Crippen molar-refractivity contribution in [1.29, 1.82) is 0 Å². The molecule has 0 spiro atoms. The van der Waals surface area contributed by atoms with Gasteiger partial charge in [0.2, 0.25) is 5.91 Å². The molecule has 12 heteroatoms. The lowest BCUT2D eigenvalue weighted by atomic mass is 9.97. The summed E-state index contributed by atoms with van der Waals surface area (Å²) in [6.45, 7) is 2.47. The minimum atomic E-state index is -0.546. The molecule has 0 bridgehead atoms. The van der Waals surface area contributed by atoms with E-state index in [2.05, 4.69) is 36.1 Å². The highest BCUT2D eigenvalue weighted by molar-refractivity contribution is 5.93. The van der Waals surface area contributed by atoms with E-state index in [1.165, 1.54) is 24.5 Å². The Morgan fingerprint density at radius 3 is 2.95 bits per heavy atom. The molecule has 2 aromatic heterocycles. The second kappa shape index (κ2) is 12.2. The average molecular weight is 536 g/mol. The van der Waals surface area contributed by atoms with Crippen LogP contribution in [0.4, 0.5) is 21.7 Å². The first-order valence-electron chi connectivity index (χ1n) is 12.7. The summed E-state index contributed by atoms with van der Waals surface area (Å²) in [5.41, 5.74) is 1.12. The van der Waals surface area contributed by atoms with Gasteiger partial charge < -0.3 is 30.5 Å². The second-order valence-electron chi connectivity index (χ2n) is 9.36. The summed E-state index contributed by atoms with van der Waals surface area (Å²) in [4.78, 5) is 21.0. The molecular weight excluding hydrogens is 505 g/mol. The molecule has 5 N–H and O–H groups in total. The molecule has 1 fully saturated rings. The molecule has 1 aliphatic heterocycles. The molecule has 0 aliphatic carbocycles. The Morgan fingerprint density at radius 2 is 2.13 bits per heavy atom. The summed E-state index contributed by atoms with van der Waals surface area (Å²) in [5, 5.41) is 26.7. The maximum absolute atomic E-state index is 13.3. The van der Waals surface area contributed by atoms with E-state index in [1.54, 1.807) is 12.1 Å². The van der Waals surface area contributed by atoms with Crippen molar-refractivity contribution in [2.24, 2.45) is 0 Å². The summed E-state index contributed by atoms with van der Waals surface area (Å²) in [6.07, 6.45) is 2.92. The fourth-order valence-electron chi connectivity index (χ4n) is 4.44. The third kappa shape index (κ3) is 6.85. The number of fused-ring (bicyclic) bond motifs is 1. The lowest BCUT2D eigenvalue weighted by Crippen LogP contribution is -2.52. The van der Waals surface area contributed by atoms with Crippen LogP contribution in [0.15, 0.2) is 54.9 Å². The third-order valence-corrected chi connectivity index (χ3v) is 6.41. The smallest absolute Gasteiger partial charge is 0.230 e. The summed E-state index contributed by atoms with van der Waals surface area (Å²) < 4.78 is 25.1. The van der Waals surface area contributed by atoms with Gasteiger partial charge in [-0.1, -0.05) is 6.07 Å². The van der Waals surface area contributed by atoms with E-state index in [4.69, 9.17) is 9.47 Å². The van der Waals surface area contributed by atoms with Gasteiger partial charge in [-0.25, -0.2) is 14.4 Å². The molecule has 2 aromatic carbocycles. The fourth-order valence-corrected chi connectivity index (χ4v) is 4.44. The van der Waals surface area contributed by atoms with E-state index >= 15 is 0 Å². The minimum absolute atomic E-state index is 0.0255. The van der Waals surface area contributed by atoms with Crippen molar-refractivity contribution in [2.75, 3.05) is 43.5 Å². The number of hydrogen-bond acceptors (Lipinski definition) is 9. The number of aliphatic hydroxyl groups is 1. The van der Waals surface area contributed by atoms with Crippen LogP contribution in [0.1, 0.15) is 18.5 Å². The predicted octanol–water partition coefficient (Wildman–Crippen LogP) is 2.93. The molecule has 39 heavy (non-hydrogen) atoms. The summed E-state index contributed by atoms with van der Waals surface area (Å²) >= 11 is 0. The maximum Gasteiger partial charge on any atom is 0.230 e. The largest absolute Gasteiger partial charge is 0.494 e. The quantitative estimate of drug-likeness (QED) is 0.183. The van der Waals surface area contributed by atoms with Gasteiger partial charge in [0.25, 0.3) is 0 Å². The number of hydrogen-bond donors (Lipinski definition) is 5. The van der Waals surface area contributed by atoms with E-state index in [0.29, 0.717) is 60.5 Å². The number of aliphatic hydroxyl groups excluding tert-OH is 1. The van der Waals surface area contributed by atoms with Gasteiger partial charge >= 0.3 is 0 Å². The van der Waals surface area contributed by atoms with Gasteiger partial charge in [0.05, 0.1) is 31.8 Å². The van der Waals surface area contributed by atoms with Crippen LogP contribution in [0.25, 0.3) is 10.9 Å². The number of amides is 1. The number of nitrogens with zero attached hydrogens (tertiary/aromatic N) is 3. The summed E-state index contributed by atoms with van der Waals surface area (Å²) in [7, 11) is 0. The van der Waals surface area contributed by atoms with Gasteiger partial charge in [0.1, 0.15) is 29.3 Å². The maximum atomic E-state index is 13.3. The van der Waals surface area contributed by atoms with Crippen molar-refractivity contribution in [3.63, 3.8) is 0 Å². The van der Waals surface area contributed by atoms with Gasteiger partial charge in [-0.15, -0.1) is 0 Å². The SMILES string of the molecule is O=C(Cc1cc(Nc2ncnc3cc(OCCCC4(CO)CNCCO4)ccc23)n[nH]1)Nc1cccc(F)c1. The number of aromatic amines is 1. The number of anilines is 3. The van der Waals surface area contributed by atoms with Gasteiger partial charge in [-0.2, -0.15) is 5.10 Å². The topological polar surface area (TPSA) is 146 Å². The van der Waals surface area contributed by atoms with Gasteiger partial charge in [-0.05, 0) is 43.2 Å². The zero-order valence-corrected chi connectivity index (χ0v) is 21.2. The van der Waals surface area contributed by atoms with Crippen molar-refractivity contribution in [2.45, 2.75) is 24.9 Å². The standard InChI is InChI=1S/C27H30FN7O4/c28-18-3-1-4-19(11-18)32-25(37)13-20-12-24(35-34-20)33-26-22-6-5-21(14-23(22)30-17-31-26)38-9-2-7-27(16-36)15-29-8-10-39-27/h1,3-6,11-12,14,17,29,36H,2,7-10,13,15-16H2,(H,32,37)(H2,30,31,33,34,35). The Hall–Kier alpha value is -4.13. The number of carbonyl (C=O) groups excluding carboxylic acids is 1. The van der Waals surface area contributed by atoms with Gasteiger partial charge in [-0.3, -0.25) is 9.89 Å². The van der Waals surface area contributed by atoms with E-state index in [-0.39, 0.29) is 18.9 Å². The Kier molecular flexibility index (Phi) is 8.25. The van der Waals surface area contributed by atoms with E-state index in [1.807, 2.05) is 18.2 Å². The number of morpholine rings is 1. The number of nitrogens with one attached hydrogen (secondary N) is 4.